The first-order chi connectivity index (χ1) is 12.4. The molecule has 1 aliphatic rings. The van der Waals surface area contributed by atoms with E-state index in [1.54, 1.807) is 18.2 Å². The van der Waals surface area contributed by atoms with Crippen LogP contribution in [0.3, 0.4) is 0 Å². The van der Waals surface area contributed by atoms with Crippen LogP contribution in [0.15, 0.2) is 53.4 Å². The number of sulfone groups is 1. The second-order valence-electron chi connectivity index (χ2n) is 6.03. The quantitative estimate of drug-likeness (QED) is 0.745. The summed E-state index contributed by atoms with van der Waals surface area (Å²) in [7, 11) is -4.56. The molecule has 0 amide bonds. The Morgan fingerprint density at radius 3 is 2.23 bits per heavy atom. The molecule has 140 valence electrons. The molecule has 1 heterocycles. The highest BCUT2D eigenvalue weighted by Crippen LogP contribution is 2.29. The van der Waals surface area contributed by atoms with Gasteiger partial charge in [-0.25, -0.2) is 8.42 Å². The molecule has 0 radical (unpaired) electrons. The van der Waals surface area contributed by atoms with Crippen molar-refractivity contribution in [3.05, 3.63) is 53.6 Å². The molecule has 0 unspecified atom stereocenters. The molecule has 0 N–H and O–H groups in total. The first-order valence-electron chi connectivity index (χ1n) is 8.16. The molecule has 0 bridgehead atoms. The summed E-state index contributed by atoms with van der Waals surface area (Å²) in [5.74, 6) is -2.75. The van der Waals surface area contributed by atoms with Crippen molar-refractivity contribution >= 4 is 27.1 Å². The van der Waals surface area contributed by atoms with Crippen LogP contribution in [-0.2, 0) is 9.84 Å². The van der Waals surface area contributed by atoms with Crippen molar-refractivity contribution in [1.82, 2.24) is 0 Å². The number of nitrogens with zero attached hydrogens (tertiary/aromatic N) is 1. The molecule has 0 aromatic heterocycles. The molecule has 2 aromatic carbocycles. The Bertz CT molecular complexity index is 851. The minimum Gasteiger partial charge on any atom is -0.489 e. The molecule has 4 nitrogen and oxygen atoms in total. The van der Waals surface area contributed by atoms with E-state index in [0.29, 0.717) is 10.8 Å². The van der Waals surface area contributed by atoms with Crippen LogP contribution >= 0.6 is 11.6 Å². The molecule has 1 fully saturated rings. The minimum absolute atomic E-state index is 0.0460. The first-order valence-corrected chi connectivity index (χ1v) is 10.1. The molecule has 8 heteroatoms. The third-order valence-electron chi connectivity index (χ3n) is 4.34. The van der Waals surface area contributed by atoms with E-state index in [-0.39, 0.29) is 11.0 Å². The van der Waals surface area contributed by atoms with Crippen molar-refractivity contribution in [2.75, 3.05) is 18.0 Å². The second kappa shape index (κ2) is 7.80. The van der Waals surface area contributed by atoms with Crippen LogP contribution in [-0.4, -0.2) is 33.4 Å². The number of rotatable bonds is 5. The highest BCUT2D eigenvalue weighted by molar-refractivity contribution is 7.91. The molecular weight excluding hydrogens is 384 g/mol. The van der Waals surface area contributed by atoms with Crippen molar-refractivity contribution in [1.29, 1.82) is 0 Å². The standard InChI is InChI=1S/C18H18ClF2NO3S/c19-16-3-1-2-4-17(16)25-14-9-11-22(12-10-14)13-5-7-15(8-6-13)26(23,24)18(20)21/h1-8,14,18H,9-12H2. The zero-order valence-corrected chi connectivity index (χ0v) is 15.4. The molecule has 2 aromatic rings. The molecular formula is C18H18ClF2NO3S. The van der Waals surface area contributed by atoms with Gasteiger partial charge in [0.15, 0.2) is 0 Å². The Morgan fingerprint density at radius 1 is 1.04 bits per heavy atom. The summed E-state index contributed by atoms with van der Waals surface area (Å²) < 4.78 is 54.0. The van der Waals surface area contributed by atoms with Gasteiger partial charge in [0, 0.05) is 31.6 Å². The zero-order valence-electron chi connectivity index (χ0n) is 13.8. The lowest BCUT2D eigenvalue weighted by molar-refractivity contribution is 0.171. The number of halogens is 3. The van der Waals surface area contributed by atoms with Gasteiger partial charge in [-0.2, -0.15) is 8.78 Å². The lowest BCUT2D eigenvalue weighted by atomic mass is 10.1. The summed E-state index contributed by atoms with van der Waals surface area (Å²) in [6, 6.07) is 12.9. The highest BCUT2D eigenvalue weighted by Gasteiger charge is 2.27. The maximum absolute atomic E-state index is 12.6. The molecule has 0 spiro atoms. The van der Waals surface area contributed by atoms with E-state index < -0.39 is 15.6 Å². The van der Waals surface area contributed by atoms with Gasteiger partial charge in [0.05, 0.1) is 9.92 Å². The van der Waals surface area contributed by atoms with E-state index in [2.05, 4.69) is 4.90 Å². The van der Waals surface area contributed by atoms with Crippen LogP contribution in [0.4, 0.5) is 14.5 Å². The van der Waals surface area contributed by atoms with E-state index in [0.717, 1.165) is 31.6 Å². The lowest BCUT2D eigenvalue weighted by Crippen LogP contribution is -2.38. The summed E-state index contributed by atoms with van der Waals surface area (Å²) in [5, 5.41) is 0.575. The third kappa shape index (κ3) is 4.10. The monoisotopic (exact) mass is 401 g/mol. The average molecular weight is 402 g/mol. The summed E-state index contributed by atoms with van der Waals surface area (Å²) >= 11 is 6.10. The maximum atomic E-state index is 12.6. The number of piperidine rings is 1. The van der Waals surface area contributed by atoms with Crippen molar-refractivity contribution in [2.45, 2.75) is 29.6 Å². The fourth-order valence-corrected chi connectivity index (χ4v) is 3.80. The van der Waals surface area contributed by atoms with Gasteiger partial charge in [0.25, 0.3) is 0 Å². The van der Waals surface area contributed by atoms with Crippen LogP contribution in [0.2, 0.25) is 5.02 Å². The molecule has 26 heavy (non-hydrogen) atoms. The SMILES string of the molecule is O=S(=O)(c1ccc(N2CCC(Oc3ccccc3Cl)CC2)cc1)C(F)F. The smallest absolute Gasteiger partial charge is 0.341 e. The van der Waals surface area contributed by atoms with Crippen LogP contribution in [0.5, 0.6) is 5.75 Å². The van der Waals surface area contributed by atoms with Crippen molar-refractivity contribution in [3.8, 4) is 5.75 Å². The number of anilines is 1. The number of para-hydroxylation sites is 1. The Hall–Kier alpha value is -1.86. The van der Waals surface area contributed by atoms with Gasteiger partial charge < -0.3 is 9.64 Å². The largest absolute Gasteiger partial charge is 0.489 e. The number of alkyl halides is 2. The zero-order chi connectivity index (χ0) is 18.7. The van der Waals surface area contributed by atoms with Crippen LogP contribution in [0.25, 0.3) is 0 Å². The van der Waals surface area contributed by atoms with Crippen molar-refractivity contribution in [2.24, 2.45) is 0 Å². The molecule has 0 saturated carbocycles. The topological polar surface area (TPSA) is 46.6 Å². The minimum atomic E-state index is -4.56. The average Bonchev–Trinajstić information content (AvgIpc) is 2.64. The number of benzene rings is 2. The van der Waals surface area contributed by atoms with Crippen LogP contribution in [0, 0.1) is 0 Å². The summed E-state index contributed by atoms with van der Waals surface area (Å²) in [6.45, 7) is 1.44. The van der Waals surface area contributed by atoms with Gasteiger partial charge in [0.1, 0.15) is 11.9 Å². The van der Waals surface area contributed by atoms with Gasteiger partial charge >= 0.3 is 5.76 Å². The molecule has 1 aliphatic heterocycles. The fourth-order valence-electron chi connectivity index (χ4n) is 2.90. The van der Waals surface area contributed by atoms with Gasteiger partial charge in [0.2, 0.25) is 9.84 Å². The van der Waals surface area contributed by atoms with E-state index in [4.69, 9.17) is 16.3 Å². The lowest BCUT2D eigenvalue weighted by Gasteiger charge is -2.34. The Labute approximate surface area is 156 Å². The number of hydrogen-bond donors (Lipinski definition) is 0. The predicted molar refractivity (Wildman–Crippen MR) is 96.9 cm³/mol. The highest BCUT2D eigenvalue weighted by atomic mass is 35.5. The van der Waals surface area contributed by atoms with Gasteiger partial charge in [-0.15, -0.1) is 0 Å². The third-order valence-corrected chi connectivity index (χ3v) is 6.05. The second-order valence-corrected chi connectivity index (χ2v) is 8.36. The van der Waals surface area contributed by atoms with Crippen molar-refractivity contribution < 1.29 is 21.9 Å². The summed E-state index contributed by atoms with van der Waals surface area (Å²) in [4.78, 5) is 1.71. The Balaban J connectivity index is 1.61. The van der Waals surface area contributed by atoms with Gasteiger partial charge in [-0.3, -0.25) is 0 Å². The van der Waals surface area contributed by atoms with Crippen LogP contribution < -0.4 is 9.64 Å². The number of ether oxygens (including phenoxy) is 1. The van der Waals surface area contributed by atoms with E-state index in [1.807, 2.05) is 18.2 Å². The first kappa shape index (κ1) is 18.9. The van der Waals surface area contributed by atoms with E-state index in [9.17, 15) is 17.2 Å². The molecule has 3 rings (SSSR count). The summed E-state index contributed by atoms with van der Waals surface area (Å²) in [6.07, 6.45) is 1.61. The van der Waals surface area contributed by atoms with Gasteiger partial charge in [-0.05, 0) is 36.4 Å². The van der Waals surface area contributed by atoms with Gasteiger partial charge in [-0.1, -0.05) is 23.7 Å². The molecule has 0 aliphatic carbocycles. The molecule has 1 saturated heterocycles. The van der Waals surface area contributed by atoms with E-state index in [1.165, 1.54) is 12.1 Å². The normalized spacial score (nSPS) is 16.1. The molecule has 0 atom stereocenters. The Kier molecular flexibility index (Phi) is 5.67. The maximum Gasteiger partial charge on any atom is 0.341 e. The summed E-state index contributed by atoms with van der Waals surface area (Å²) in [5.41, 5.74) is 0.800. The van der Waals surface area contributed by atoms with Crippen molar-refractivity contribution in [3.63, 3.8) is 0 Å². The predicted octanol–water partition coefficient (Wildman–Crippen LogP) is 4.38. The van der Waals surface area contributed by atoms with Crippen LogP contribution in [0.1, 0.15) is 12.8 Å². The fraction of sp³-hybridized carbons (Fsp3) is 0.333. The Morgan fingerprint density at radius 2 is 1.65 bits per heavy atom. The van der Waals surface area contributed by atoms with E-state index >= 15 is 0 Å². The number of hydrogen-bond acceptors (Lipinski definition) is 4.